The number of fused-ring (bicyclic) bond motifs is 1. The number of nitrogens with one attached hydrogen (secondary N) is 1. The molecule has 0 saturated heterocycles. The van der Waals surface area contributed by atoms with Gasteiger partial charge in [-0.3, -0.25) is 14.6 Å². The number of nitrogens with zero attached hydrogens (tertiary/aromatic N) is 2. The van der Waals surface area contributed by atoms with E-state index in [1.54, 1.807) is 12.4 Å². The second-order valence-corrected chi connectivity index (χ2v) is 7.17. The molecule has 6 heteroatoms. The number of carboxylic acid groups (broad SMARTS) is 1. The maximum absolute atomic E-state index is 13.1. The molecule has 1 aliphatic carbocycles. The first-order valence-electron chi connectivity index (χ1n) is 9.45. The zero-order valence-electron chi connectivity index (χ0n) is 15.3. The highest BCUT2D eigenvalue weighted by molar-refractivity contribution is 6.07. The van der Waals surface area contributed by atoms with Gasteiger partial charge < -0.3 is 10.4 Å². The molecule has 28 heavy (non-hydrogen) atoms. The number of pyridine rings is 2. The molecule has 0 bridgehead atoms. The minimum atomic E-state index is -0.744. The van der Waals surface area contributed by atoms with Gasteiger partial charge in [-0.05, 0) is 49.9 Å². The number of carboxylic acids is 1. The fourth-order valence-electron chi connectivity index (χ4n) is 3.78. The van der Waals surface area contributed by atoms with Crippen LogP contribution in [0.15, 0.2) is 54.9 Å². The molecule has 0 spiro atoms. The van der Waals surface area contributed by atoms with Crippen molar-refractivity contribution < 1.29 is 14.7 Å². The van der Waals surface area contributed by atoms with Gasteiger partial charge in [-0.25, -0.2) is 4.98 Å². The van der Waals surface area contributed by atoms with Crippen LogP contribution in [-0.2, 0) is 4.79 Å². The van der Waals surface area contributed by atoms with E-state index in [1.807, 2.05) is 42.5 Å². The van der Waals surface area contributed by atoms with Gasteiger partial charge in [0.15, 0.2) is 0 Å². The van der Waals surface area contributed by atoms with Crippen LogP contribution in [0.2, 0.25) is 0 Å². The first kappa shape index (κ1) is 18.1. The Labute approximate surface area is 162 Å². The lowest BCUT2D eigenvalue weighted by atomic mass is 9.86. The van der Waals surface area contributed by atoms with Crippen molar-refractivity contribution in [2.24, 2.45) is 5.92 Å². The third-order valence-corrected chi connectivity index (χ3v) is 5.35. The van der Waals surface area contributed by atoms with Gasteiger partial charge in [0.1, 0.15) is 0 Å². The van der Waals surface area contributed by atoms with E-state index in [0.717, 1.165) is 22.2 Å². The zero-order chi connectivity index (χ0) is 19.5. The first-order valence-corrected chi connectivity index (χ1v) is 9.45. The third-order valence-electron chi connectivity index (χ3n) is 5.35. The van der Waals surface area contributed by atoms with Gasteiger partial charge in [0.2, 0.25) is 0 Å². The Hall–Kier alpha value is -3.28. The molecule has 2 N–H and O–H groups in total. The van der Waals surface area contributed by atoms with Gasteiger partial charge in [0, 0.05) is 29.4 Å². The van der Waals surface area contributed by atoms with Crippen LogP contribution in [-0.4, -0.2) is 33.0 Å². The van der Waals surface area contributed by atoms with Crippen LogP contribution in [0, 0.1) is 5.92 Å². The molecular formula is C22H21N3O3. The molecule has 1 saturated carbocycles. The number of carbonyl (C=O) groups is 2. The molecule has 1 amide bonds. The molecule has 0 unspecified atom stereocenters. The van der Waals surface area contributed by atoms with Gasteiger partial charge in [-0.15, -0.1) is 0 Å². The lowest BCUT2D eigenvalue weighted by Gasteiger charge is -2.27. The molecule has 0 radical (unpaired) electrons. The smallest absolute Gasteiger partial charge is 0.306 e. The maximum atomic E-state index is 13.1. The average molecular weight is 375 g/mol. The summed E-state index contributed by atoms with van der Waals surface area (Å²) in [5, 5.41) is 13.0. The SMILES string of the molecule is O=C(NC1CCC(C(=O)O)CC1)c1cc(-c2ccncc2)nc2ccccc12. The van der Waals surface area contributed by atoms with Gasteiger partial charge >= 0.3 is 5.97 Å². The van der Waals surface area contributed by atoms with Crippen molar-refractivity contribution in [3.8, 4) is 11.3 Å². The number of para-hydroxylation sites is 1. The molecule has 4 rings (SSSR count). The Kier molecular flexibility index (Phi) is 5.02. The van der Waals surface area contributed by atoms with E-state index in [-0.39, 0.29) is 17.9 Å². The zero-order valence-corrected chi connectivity index (χ0v) is 15.3. The van der Waals surface area contributed by atoms with Gasteiger partial charge in [-0.1, -0.05) is 18.2 Å². The van der Waals surface area contributed by atoms with Crippen molar-refractivity contribution >= 4 is 22.8 Å². The summed E-state index contributed by atoms with van der Waals surface area (Å²) in [7, 11) is 0. The second-order valence-electron chi connectivity index (χ2n) is 7.17. The Morgan fingerprint density at radius 1 is 1.00 bits per heavy atom. The molecule has 6 nitrogen and oxygen atoms in total. The molecule has 0 aliphatic heterocycles. The number of aromatic nitrogens is 2. The lowest BCUT2D eigenvalue weighted by Crippen LogP contribution is -2.38. The highest BCUT2D eigenvalue weighted by atomic mass is 16.4. The Morgan fingerprint density at radius 3 is 2.43 bits per heavy atom. The van der Waals surface area contributed by atoms with Crippen LogP contribution >= 0.6 is 0 Å². The summed E-state index contributed by atoms with van der Waals surface area (Å²) >= 11 is 0. The standard InChI is InChI=1S/C22H21N3O3/c26-21(24-16-7-5-15(6-8-16)22(27)28)18-13-20(14-9-11-23-12-10-14)25-19-4-2-1-3-17(18)19/h1-4,9-13,15-16H,5-8H2,(H,24,26)(H,27,28). The number of hydrogen-bond donors (Lipinski definition) is 2. The van der Waals surface area contributed by atoms with E-state index in [9.17, 15) is 9.59 Å². The molecule has 1 fully saturated rings. The van der Waals surface area contributed by atoms with Crippen LogP contribution in [0.5, 0.6) is 0 Å². The number of benzene rings is 1. The van der Waals surface area contributed by atoms with E-state index in [0.29, 0.717) is 31.2 Å². The van der Waals surface area contributed by atoms with Crippen molar-refractivity contribution in [1.82, 2.24) is 15.3 Å². The first-order chi connectivity index (χ1) is 13.6. The number of hydrogen-bond acceptors (Lipinski definition) is 4. The summed E-state index contributed by atoms with van der Waals surface area (Å²) < 4.78 is 0. The van der Waals surface area contributed by atoms with E-state index in [2.05, 4.69) is 10.3 Å². The van der Waals surface area contributed by atoms with Crippen LogP contribution in [0.25, 0.3) is 22.2 Å². The summed E-state index contributed by atoms with van der Waals surface area (Å²) in [6, 6.07) is 13.1. The van der Waals surface area contributed by atoms with Crippen LogP contribution in [0.3, 0.4) is 0 Å². The Balaban J connectivity index is 1.62. The Morgan fingerprint density at radius 2 is 1.71 bits per heavy atom. The summed E-state index contributed by atoms with van der Waals surface area (Å²) in [4.78, 5) is 32.9. The number of rotatable bonds is 4. The summed E-state index contributed by atoms with van der Waals surface area (Å²) in [5.74, 6) is -1.19. The number of aliphatic carboxylic acids is 1. The van der Waals surface area contributed by atoms with Crippen molar-refractivity contribution in [3.05, 3.63) is 60.4 Å². The van der Waals surface area contributed by atoms with Crippen molar-refractivity contribution in [2.75, 3.05) is 0 Å². The topological polar surface area (TPSA) is 92.2 Å². The minimum Gasteiger partial charge on any atom is -0.481 e. The molecule has 2 heterocycles. The normalized spacial score (nSPS) is 19.3. The molecule has 1 aliphatic rings. The van der Waals surface area contributed by atoms with E-state index >= 15 is 0 Å². The predicted octanol–water partition coefficient (Wildman–Crippen LogP) is 3.67. The lowest BCUT2D eigenvalue weighted by molar-refractivity contribution is -0.142. The highest BCUT2D eigenvalue weighted by Gasteiger charge is 2.27. The van der Waals surface area contributed by atoms with E-state index < -0.39 is 5.97 Å². The monoisotopic (exact) mass is 375 g/mol. The average Bonchev–Trinajstić information content (AvgIpc) is 2.74. The molecule has 142 valence electrons. The maximum Gasteiger partial charge on any atom is 0.306 e. The minimum absolute atomic E-state index is 0.000553. The highest BCUT2D eigenvalue weighted by Crippen LogP contribution is 2.27. The molecule has 2 aromatic heterocycles. The van der Waals surface area contributed by atoms with Crippen LogP contribution in [0.4, 0.5) is 0 Å². The molecule has 1 aromatic carbocycles. The van der Waals surface area contributed by atoms with Crippen molar-refractivity contribution in [2.45, 2.75) is 31.7 Å². The van der Waals surface area contributed by atoms with Crippen molar-refractivity contribution in [3.63, 3.8) is 0 Å². The summed E-state index contributed by atoms with van der Waals surface area (Å²) in [5.41, 5.74) is 2.96. The van der Waals surface area contributed by atoms with Crippen molar-refractivity contribution in [1.29, 1.82) is 0 Å². The molecule has 0 atom stereocenters. The summed E-state index contributed by atoms with van der Waals surface area (Å²) in [6.45, 7) is 0. The second kappa shape index (κ2) is 7.76. The largest absolute Gasteiger partial charge is 0.481 e. The summed E-state index contributed by atoms with van der Waals surface area (Å²) in [6.07, 6.45) is 5.96. The van der Waals surface area contributed by atoms with Gasteiger partial charge in [0.05, 0.1) is 22.7 Å². The fourth-order valence-corrected chi connectivity index (χ4v) is 3.78. The number of amides is 1. The quantitative estimate of drug-likeness (QED) is 0.726. The third kappa shape index (κ3) is 3.71. The Bertz CT molecular complexity index is 1010. The van der Waals surface area contributed by atoms with Crippen LogP contribution < -0.4 is 5.32 Å². The van der Waals surface area contributed by atoms with Crippen LogP contribution in [0.1, 0.15) is 36.0 Å². The van der Waals surface area contributed by atoms with E-state index in [4.69, 9.17) is 10.1 Å². The van der Waals surface area contributed by atoms with Gasteiger partial charge in [-0.2, -0.15) is 0 Å². The van der Waals surface area contributed by atoms with E-state index in [1.165, 1.54) is 0 Å². The molecule has 3 aromatic rings. The van der Waals surface area contributed by atoms with Gasteiger partial charge in [0.25, 0.3) is 5.91 Å². The number of carbonyl (C=O) groups excluding carboxylic acids is 1. The molecular weight excluding hydrogens is 354 g/mol. The fraction of sp³-hybridized carbons (Fsp3) is 0.273. The predicted molar refractivity (Wildman–Crippen MR) is 106 cm³/mol.